The molecule has 11 heteroatoms. The zero-order valence-electron chi connectivity index (χ0n) is 14.6. The van der Waals surface area contributed by atoms with Crippen LogP contribution in [-0.4, -0.2) is 71.0 Å². The van der Waals surface area contributed by atoms with Gasteiger partial charge in [0.15, 0.2) is 0 Å². The summed E-state index contributed by atoms with van der Waals surface area (Å²) in [6, 6.07) is 0. The second-order valence-corrected chi connectivity index (χ2v) is 8.08. The van der Waals surface area contributed by atoms with Gasteiger partial charge in [0.05, 0.1) is 19.7 Å². The third-order valence-corrected chi connectivity index (χ3v) is 5.09. The Kier molecular flexibility index (Phi) is 7.60. The molecule has 2 aliphatic rings. The van der Waals surface area contributed by atoms with E-state index in [0.717, 1.165) is 12.0 Å². The molecule has 0 fully saturated rings. The molecule has 1 unspecified atom stereocenters. The fourth-order valence-corrected chi connectivity index (χ4v) is 3.13. The summed E-state index contributed by atoms with van der Waals surface area (Å²) in [4.78, 5) is 13.0. The minimum absolute atomic E-state index is 0.0441. The lowest BCUT2D eigenvalue weighted by molar-refractivity contribution is 0.124. The monoisotopic (exact) mass is 386 g/mol. The van der Waals surface area contributed by atoms with Crippen molar-refractivity contribution in [2.75, 3.05) is 32.5 Å². The molecule has 1 aliphatic carbocycles. The molecule has 26 heavy (non-hydrogen) atoms. The predicted molar refractivity (Wildman–Crippen MR) is 104 cm³/mol. The van der Waals surface area contributed by atoms with Crippen LogP contribution in [0.2, 0.25) is 0 Å². The summed E-state index contributed by atoms with van der Waals surface area (Å²) in [5.41, 5.74) is 8.14. The van der Waals surface area contributed by atoms with Crippen LogP contribution in [0.1, 0.15) is 12.8 Å². The van der Waals surface area contributed by atoms with Crippen molar-refractivity contribution < 1.29 is 19.0 Å². The third-order valence-electron chi connectivity index (χ3n) is 3.75. The molecule has 7 N–H and O–H groups in total. The average Bonchev–Trinajstić information content (AvgIpc) is 2.64. The molecule has 0 radical (unpaired) electrons. The van der Waals surface area contributed by atoms with Gasteiger partial charge in [-0.15, -0.1) is 0 Å². The standard InChI is InChI=1S/C15H26N6O4S/c1-26(23,24)13-4-2-11(3-5-13)10-25-12-8-19-15(20-9-12)18-7-6-17-14(16)21-22/h2,4,8,12,22-24H,3,5-7,9-10H2,1H3,(H,18,20)(H3,16,17,21). The Morgan fingerprint density at radius 1 is 1.42 bits per heavy atom. The zero-order valence-corrected chi connectivity index (χ0v) is 15.4. The topological polar surface area (TPSA) is 157 Å². The van der Waals surface area contributed by atoms with Crippen molar-refractivity contribution in [3.63, 3.8) is 0 Å². The first-order valence-corrected chi connectivity index (χ1v) is 10.1. The molecule has 1 atom stereocenters. The number of aliphatic imine (C=N–C) groups is 3. The number of rotatable bonds is 7. The van der Waals surface area contributed by atoms with Crippen molar-refractivity contribution >= 4 is 28.7 Å². The highest BCUT2D eigenvalue weighted by Crippen LogP contribution is 2.47. The van der Waals surface area contributed by atoms with E-state index in [1.54, 1.807) is 17.8 Å². The molecule has 0 aromatic rings. The zero-order chi connectivity index (χ0) is 19.0. The maximum Gasteiger partial charge on any atom is 0.217 e. The lowest BCUT2D eigenvalue weighted by Crippen LogP contribution is -2.33. The first-order chi connectivity index (χ1) is 12.4. The van der Waals surface area contributed by atoms with Crippen LogP contribution >= 0.6 is 10.6 Å². The van der Waals surface area contributed by atoms with Crippen molar-refractivity contribution in [3.05, 3.63) is 22.6 Å². The van der Waals surface area contributed by atoms with E-state index < -0.39 is 10.6 Å². The average molecular weight is 386 g/mol. The highest BCUT2D eigenvalue weighted by Gasteiger charge is 2.17. The van der Waals surface area contributed by atoms with Crippen molar-refractivity contribution in [1.29, 1.82) is 0 Å². The molecule has 1 aliphatic heterocycles. The van der Waals surface area contributed by atoms with Crippen LogP contribution in [0.4, 0.5) is 0 Å². The van der Waals surface area contributed by atoms with Crippen LogP contribution in [0, 0.1) is 0 Å². The predicted octanol–water partition coefficient (Wildman–Crippen LogP) is 0.680. The van der Waals surface area contributed by atoms with Gasteiger partial charge in [0.2, 0.25) is 11.9 Å². The molecule has 0 saturated carbocycles. The summed E-state index contributed by atoms with van der Waals surface area (Å²) >= 11 is 0. The van der Waals surface area contributed by atoms with Crippen LogP contribution in [0.3, 0.4) is 0 Å². The van der Waals surface area contributed by atoms with Gasteiger partial charge in [0.25, 0.3) is 0 Å². The van der Waals surface area contributed by atoms with E-state index in [-0.39, 0.29) is 12.1 Å². The lowest BCUT2D eigenvalue weighted by atomic mass is 10.1. The molecule has 0 bridgehead atoms. The second kappa shape index (κ2) is 9.69. The van der Waals surface area contributed by atoms with E-state index in [9.17, 15) is 9.11 Å². The molecular formula is C15H26N6O4S. The number of nitrogens with zero attached hydrogens (tertiary/aromatic N) is 3. The Morgan fingerprint density at radius 2 is 2.23 bits per heavy atom. The fraction of sp³-hybridized carbons (Fsp3) is 0.533. The Hall–Kier alpha value is -1.92. The molecule has 0 spiro atoms. The van der Waals surface area contributed by atoms with Gasteiger partial charge in [-0.1, -0.05) is 6.08 Å². The Morgan fingerprint density at radius 3 is 2.81 bits per heavy atom. The second-order valence-electron chi connectivity index (χ2n) is 5.89. The molecule has 10 nitrogen and oxygen atoms in total. The van der Waals surface area contributed by atoms with E-state index in [2.05, 4.69) is 20.3 Å². The molecule has 2 rings (SSSR count). The van der Waals surface area contributed by atoms with E-state index in [1.807, 2.05) is 6.08 Å². The summed E-state index contributed by atoms with van der Waals surface area (Å²) < 4.78 is 25.1. The largest absolute Gasteiger partial charge is 0.368 e. The van der Waals surface area contributed by atoms with Crippen molar-refractivity contribution in [2.45, 2.75) is 18.9 Å². The molecule has 0 aromatic carbocycles. The van der Waals surface area contributed by atoms with Crippen molar-refractivity contribution in [3.8, 4) is 0 Å². The van der Waals surface area contributed by atoms with Crippen LogP contribution in [0.15, 0.2) is 37.6 Å². The molecular weight excluding hydrogens is 360 g/mol. The Labute approximate surface area is 154 Å². The van der Waals surface area contributed by atoms with Gasteiger partial charge < -0.3 is 15.8 Å². The summed E-state index contributed by atoms with van der Waals surface area (Å²) in [6.45, 7) is 1.80. The number of hydrogen-bond acceptors (Lipinski definition) is 8. The number of allylic oxidation sites excluding steroid dienone is 3. The molecule has 1 heterocycles. The third kappa shape index (κ3) is 6.77. The number of nitrogens with one attached hydrogen (secondary N) is 2. The van der Waals surface area contributed by atoms with Gasteiger partial charge in [-0.05, 0) is 24.5 Å². The minimum atomic E-state index is -2.61. The van der Waals surface area contributed by atoms with Crippen LogP contribution < -0.4 is 16.5 Å². The highest BCUT2D eigenvalue weighted by molar-refractivity contribution is 8.27. The van der Waals surface area contributed by atoms with Crippen LogP contribution in [-0.2, 0) is 4.74 Å². The molecule has 0 amide bonds. The van der Waals surface area contributed by atoms with Gasteiger partial charge in [0, 0.05) is 23.9 Å². The quantitative estimate of drug-likeness (QED) is 0.162. The van der Waals surface area contributed by atoms with Gasteiger partial charge in [-0.25, -0.2) is 20.5 Å². The minimum Gasteiger partial charge on any atom is -0.368 e. The van der Waals surface area contributed by atoms with Gasteiger partial charge in [-0.2, -0.15) is 10.6 Å². The smallest absolute Gasteiger partial charge is 0.217 e. The van der Waals surface area contributed by atoms with E-state index in [1.165, 1.54) is 6.26 Å². The normalized spacial score (nSPS) is 21.6. The SMILES string of the molecule is CS(O)(O)C1=CC=C(COC2C=NC(NCCN=C(N)NO)=NC2)CC1. The highest BCUT2D eigenvalue weighted by atomic mass is 32.3. The van der Waals surface area contributed by atoms with E-state index in [4.69, 9.17) is 15.7 Å². The van der Waals surface area contributed by atoms with Crippen LogP contribution in [0.5, 0.6) is 0 Å². The number of hydrogen-bond donors (Lipinski definition) is 6. The first-order valence-electron chi connectivity index (χ1n) is 8.14. The van der Waals surface area contributed by atoms with E-state index in [0.29, 0.717) is 43.5 Å². The number of ether oxygens (including phenoxy) is 1. The number of hydroxylamine groups is 1. The summed E-state index contributed by atoms with van der Waals surface area (Å²) in [6.07, 6.45) is 8.01. The Balaban J connectivity index is 1.69. The van der Waals surface area contributed by atoms with Crippen molar-refractivity contribution in [2.24, 2.45) is 20.7 Å². The summed E-state index contributed by atoms with van der Waals surface area (Å²) in [5, 5.41) is 11.5. The maximum atomic E-state index is 9.65. The van der Waals surface area contributed by atoms with E-state index >= 15 is 0 Å². The fourth-order valence-electron chi connectivity index (χ4n) is 2.31. The first kappa shape index (κ1) is 20.4. The molecule has 0 aromatic heterocycles. The van der Waals surface area contributed by atoms with Gasteiger partial charge in [-0.3, -0.25) is 14.3 Å². The number of nitrogens with two attached hydrogens (primary N) is 1. The molecule has 146 valence electrons. The van der Waals surface area contributed by atoms with Gasteiger partial charge in [0.1, 0.15) is 6.10 Å². The number of guanidine groups is 2. The lowest BCUT2D eigenvalue weighted by Gasteiger charge is -2.31. The summed E-state index contributed by atoms with van der Waals surface area (Å²) in [7, 11) is -2.61. The van der Waals surface area contributed by atoms with Crippen LogP contribution in [0.25, 0.3) is 0 Å². The molecule has 0 saturated heterocycles. The summed E-state index contributed by atoms with van der Waals surface area (Å²) in [5.74, 6) is 0.463. The van der Waals surface area contributed by atoms with Crippen molar-refractivity contribution in [1.82, 2.24) is 10.8 Å². The van der Waals surface area contributed by atoms with Gasteiger partial charge >= 0.3 is 0 Å². The maximum absolute atomic E-state index is 9.65. The Bertz CT molecular complexity index is 639.